The molecular formula is C28H37ClN2O4. The summed E-state index contributed by atoms with van der Waals surface area (Å²) in [6.45, 7) is 10.3. The zero-order valence-electron chi connectivity index (χ0n) is 20.9. The van der Waals surface area contributed by atoms with Crippen LogP contribution < -0.4 is 0 Å². The van der Waals surface area contributed by atoms with Gasteiger partial charge < -0.3 is 19.9 Å². The molecule has 3 N–H and O–H groups in total. The monoisotopic (exact) mass is 500 g/mol. The van der Waals surface area contributed by atoms with Crippen LogP contribution in [0.25, 0.3) is 0 Å². The Hall–Kier alpha value is -2.80. The molecule has 0 aliphatic rings. The molecule has 0 fully saturated rings. The molecule has 3 rings (SSSR count). The van der Waals surface area contributed by atoms with E-state index in [1.807, 2.05) is 42.6 Å². The highest BCUT2D eigenvalue weighted by Crippen LogP contribution is 2.21. The second-order valence-corrected chi connectivity index (χ2v) is 9.20. The Balaban J connectivity index is 0.000000360. The van der Waals surface area contributed by atoms with Gasteiger partial charge in [0.1, 0.15) is 11.9 Å². The van der Waals surface area contributed by atoms with E-state index in [1.54, 1.807) is 0 Å². The predicted octanol–water partition coefficient (Wildman–Crippen LogP) is 6.21. The van der Waals surface area contributed by atoms with Gasteiger partial charge in [0, 0.05) is 42.1 Å². The molecule has 0 aliphatic carbocycles. The summed E-state index contributed by atoms with van der Waals surface area (Å²) in [6.07, 6.45) is 3.71. The smallest absolute Gasteiger partial charge is 0.335 e. The molecule has 3 unspecified atom stereocenters. The van der Waals surface area contributed by atoms with Crippen molar-refractivity contribution in [2.24, 2.45) is 0 Å². The Bertz CT molecular complexity index is 1020. The normalized spacial score (nSPS) is 13.6. The third kappa shape index (κ3) is 8.73. The molecule has 7 heteroatoms. The fourth-order valence-electron chi connectivity index (χ4n) is 3.82. The quantitative estimate of drug-likeness (QED) is 0.308. The maximum absolute atomic E-state index is 10.9. The number of carboxylic acids is 1. The van der Waals surface area contributed by atoms with Gasteiger partial charge in [-0.3, -0.25) is 4.90 Å². The van der Waals surface area contributed by atoms with Crippen molar-refractivity contribution in [3.05, 3.63) is 88.7 Å². The van der Waals surface area contributed by atoms with Gasteiger partial charge in [0.2, 0.25) is 0 Å². The minimum absolute atomic E-state index is 0.0741. The van der Waals surface area contributed by atoms with Crippen molar-refractivity contribution in [3.63, 3.8) is 0 Å². The lowest BCUT2D eigenvalue weighted by Gasteiger charge is -2.35. The molecule has 1 heterocycles. The Morgan fingerprint density at radius 1 is 0.971 bits per heavy atom. The summed E-state index contributed by atoms with van der Waals surface area (Å²) in [5.41, 5.74) is 2.32. The number of aromatic hydroxyl groups is 1. The summed E-state index contributed by atoms with van der Waals surface area (Å²) in [6, 6.07) is 18.2. The lowest BCUT2D eigenvalue weighted by atomic mass is 10.1. The highest BCUT2D eigenvalue weighted by Gasteiger charge is 2.23. The van der Waals surface area contributed by atoms with Crippen molar-refractivity contribution in [1.82, 2.24) is 9.47 Å². The number of carboxylic acid groups (broad SMARTS) is 1. The molecule has 1 aromatic heterocycles. The molecule has 0 saturated carbocycles. The van der Waals surface area contributed by atoms with Gasteiger partial charge >= 0.3 is 5.97 Å². The van der Waals surface area contributed by atoms with E-state index in [4.69, 9.17) is 21.8 Å². The minimum Gasteiger partial charge on any atom is -0.508 e. The van der Waals surface area contributed by atoms with Crippen LogP contribution in [0, 0.1) is 0 Å². The zero-order valence-corrected chi connectivity index (χ0v) is 21.7. The highest BCUT2D eigenvalue weighted by molar-refractivity contribution is 6.30. The van der Waals surface area contributed by atoms with Gasteiger partial charge in [-0.25, -0.2) is 4.79 Å². The van der Waals surface area contributed by atoms with Crippen molar-refractivity contribution >= 4 is 17.6 Å². The number of carbonyl (C=O) groups is 1. The molecule has 0 spiro atoms. The number of halogens is 1. The lowest BCUT2D eigenvalue weighted by molar-refractivity contribution is 0.0590. The van der Waals surface area contributed by atoms with Gasteiger partial charge in [-0.2, -0.15) is 0 Å². The molecular weight excluding hydrogens is 464 g/mol. The Labute approximate surface area is 213 Å². The largest absolute Gasteiger partial charge is 0.508 e. The summed E-state index contributed by atoms with van der Waals surface area (Å²) in [7, 11) is 0. The van der Waals surface area contributed by atoms with Gasteiger partial charge in [-0.05, 0) is 80.8 Å². The summed E-state index contributed by atoms with van der Waals surface area (Å²) < 4.78 is 2.12. The molecule has 0 saturated heterocycles. The standard InChI is InChI=1S/C21H31ClN2O.C7H6O3/c1-5-16(3)24(17(4)6-2)15-21(25)20-8-7-13-23(20)14-18-9-11-19(22)12-10-18;8-6-3-1-5(2-4-6)7(9)10/h7-13,16-17,21,25H,5-6,14-15H2,1-4H3;1-4,8H,(H,9,10). The second kappa shape index (κ2) is 13.9. The molecule has 0 bridgehead atoms. The van der Waals surface area contributed by atoms with Gasteiger partial charge in [-0.15, -0.1) is 0 Å². The number of rotatable bonds is 10. The first-order valence-electron chi connectivity index (χ1n) is 12.0. The summed E-state index contributed by atoms with van der Waals surface area (Å²) in [4.78, 5) is 12.7. The number of phenolic OH excluding ortho intramolecular Hbond substituents is 1. The molecule has 6 nitrogen and oxygen atoms in total. The third-order valence-corrected chi connectivity index (χ3v) is 6.54. The van der Waals surface area contributed by atoms with Crippen LogP contribution in [-0.2, 0) is 6.54 Å². The Morgan fingerprint density at radius 3 is 2.06 bits per heavy atom. The Kier molecular flexibility index (Phi) is 11.3. The summed E-state index contributed by atoms with van der Waals surface area (Å²) >= 11 is 5.97. The van der Waals surface area contributed by atoms with E-state index in [1.165, 1.54) is 29.8 Å². The fourth-order valence-corrected chi connectivity index (χ4v) is 3.95. The van der Waals surface area contributed by atoms with E-state index in [9.17, 15) is 9.90 Å². The van der Waals surface area contributed by atoms with Crippen molar-refractivity contribution < 1.29 is 20.1 Å². The van der Waals surface area contributed by atoms with Gasteiger partial charge in [0.05, 0.1) is 5.56 Å². The van der Waals surface area contributed by atoms with E-state index in [0.717, 1.165) is 30.1 Å². The van der Waals surface area contributed by atoms with Crippen LogP contribution in [-0.4, -0.2) is 49.4 Å². The van der Waals surface area contributed by atoms with E-state index >= 15 is 0 Å². The van der Waals surface area contributed by atoms with Crippen LogP contribution in [0.2, 0.25) is 5.02 Å². The van der Waals surface area contributed by atoms with Crippen molar-refractivity contribution in [2.75, 3.05) is 6.54 Å². The molecule has 0 aliphatic heterocycles. The van der Waals surface area contributed by atoms with Crippen LogP contribution in [0.1, 0.15) is 68.3 Å². The van der Waals surface area contributed by atoms with Crippen LogP contribution in [0.5, 0.6) is 5.75 Å². The Morgan fingerprint density at radius 2 is 1.54 bits per heavy atom. The number of benzene rings is 2. The van der Waals surface area contributed by atoms with Crippen molar-refractivity contribution in [1.29, 1.82) is 0 Å². The van der Waals surface area contributed by atoms with Crippen molar-refractivity contribution in [2.45, 2.75) is 65.3 Å². The van der Waals surface area contributed by atoms with Gasteiger partial charge in [0.15, 0.2) is 0 Å². The van der Waals surface area contributed by atoms with Crippen molar-refractivity contribution in [3.8, 4) is 5.75 Å². The molecule has 35 heavy (non-hydrogen) atoms. The summed E-state index contributed by atoms with van der Waals surface area (Å²) in [5.74, 6) is -0.912. The zero-order chi connectivity index (χ0) is 26.0. The molecule has 190 valence electrons. The molecule has 0 amide bonds. The third-order valence-electron chi connectivity index (χ3n) is 6.28. The first-order chi connectivity index (χ1) is 16.7. The van der Waals surface area contributed by atoms with Crippen LogP contribution in [0.15, 0.2) is 66.9 Å². The van der Waals surface area contributed by atoms with E-state index < -0.39 is 12.1 Å². The van der Waals surface area contributed by atoms with E-state index in [0.29, 0.717) is 18.6 Å². The second-order valence-electron chi connectivity index (χ2n) is 8.77. The number of hydrogen-bond donors (Lipinski definition) is 3. The number of hydrogen-bond acceptors (Lipinski definition) is 4. The highest BCUT2D eigenvalue weighted by atomic mass is 35.5. The SMILES string of the molecule is CCC(C)N(CC(O)c1cccn1Cc1ccc(Cl)cc1)C(C)CC.O=C(O)c1ccc(O)cc1. The van der Waals surface area contributed by atoms with Gasteiger partial charge in [0.25, 0.3) is 0 Å². The van der Waals surface area contributed by atoms with Crippen LogP contribution in [0.4, 0.5) is 0 Å². The first kappa shape index (κ1) is 28.4. The maximum Gasteiger partial charge on any atom is 0.335 e. The topological polar surface area (TPSA) is 85.9 Å². The maximum atomic E-state index is 10.9. The van der Waals surface area contributed by atoms with Gasteiger partial charge in [-0.1, -0.05) is 37.6 Å². The predicted molar refractivity (Wildman–Crippen MR) is 141 cm³/mol. The van der Waals surface area contributed by atoms with E-state index in [-0.39, 0.29) is 11.3 Å². The van der Waals surface area contributed by atoms with E-state index in [2.05, 4.69) is 37.2 Å². The summed E-state index contributed by atoms with van der Waals surface area (Å²) in [5, 5.41) is 28.8. The number of aliphatic hydroxyl groups excluding tert-OH is 1. The fraction of sp³-hybridized carbons (Fsp3) is 0.393. The number of aliphatic hydroxyl groups is 1. The number of aromatic nitrogens is 1. The lowest BCUT2D eigenvalue weighted by Crippen LogP contribution is -2.42. The molecule has 3 aromatic rings. The first-order valence-corrected chi connectivity index (χ1v) is 12.4. The van der Waals surface area contributed by atoms with Crippen LogP contribution in [0.3, 0.4) is 0 Å². The minimum atomic E-state index is -0.986. The average Bonchev–Trinajstić information content (AvgIpc) is 3.31. The molecule has 3 atom stereocenters. The molecule has 2 aromatic carbocycles. The number of phenols is 1. The average molecular weight is 501 g/mol. The number of aromatic carboxylic acids is 1. The molecule has 0 radical (unpaired) electrons. The van der Waals surface area contributed by atoms with Crippen LogP contribution >= 0.6 is 11.6 Å². The number of nitrogens with zero attached hydrogens (tertiary/aromatic N) is 2.